The zero-order chi connectivity index (χ0) is 10.8. The number of hydrogen-bond acceptors (Lipinski definition) is 2. The minimum Gasteiger partial charge on any atom is -1.00 e. The van der Waals surface area contributed by atoms with E-state index in [-0.39, 0.29) is 12.4 Å². The quantitative estimate of drug-likeness (QED) is 0.526. The number of carbonyl (C=O) groups is 1. The number of halogens is 1. The van der Waals surface area contributed by atoms with Crippen molar-refractivity contribution in [3.63, 3.8) is 0 Å². The van der Waals surface area contributed by atoms with Gasteiger partial charge in [-0.25, -0.2) is 0 Å². The summed E-state index contributed by atoms with van der Waals surface area (Å²) in [5.74, 6) is -0.359. The fourth-order valence-electron chi connectivity index (χ4n) is 1.57. The summed E-state index contributed by atoms with van der Waals surface area (Å²) < 4.78 is 0. The second-order valence-electron chi connectivity index (χ2n) is 4.05. The maximum Gasteiger partial charge on any atom is 0.303 e. The lowest BCUT2D eigenvalue weighted by Gasteiger charge is -2.07. The summed E-state index contributed by atoms with van der Waals surface area (Å²) >= 11 is 0. The van der Waals surface area contributed by atoms with Crippen LogP contribution in [-0.2, 0) is 4.79 Å². The van der Waals surface area contributed by atoms with Gasteiger partial charge in [0.05, 0.1) is 0 Å². The number of hydrogen-bond donors (Lipinski definition) is 2. The topological polar surface area (TPSA) is 63.3 Å². The van der Waals surface area contributed by atoms with Crippen LogP contribution in [0, 0.1) is 5.92 Å². The Morgan fingerprint density at radius 1 is 1.20 bits per heavy atom. The molecule has 0 aromatic carbocycles. The molecule has 0 radical (unpaired) electrons. The number of rotatable bonds is 9. The van der Waals surface area contributed by atoms with Crippen LogP contribution >= 0.6 is 0 Å². The lowest BCUT2D eigenvalue weighted by molar-refractivity contribution is -0.138. The summed E-state index contributed by atoms with van der Waals surface area (Å²) in [7, 11) is 0. The van der Waals surface area contributed by atoms with Gasteiger partial charge in [-0.15, -0.1) is 0 Å². The van der Waals surface area contributed by atoms with Crippen molar-refractivity contribution < 1.29 is 22.3 Å². The monoisotopic (exact) mass is 236 g/mol. The van der Waals surface area contributed by atoms with E-state index in [9.17, 15) is 4.79 Å². The molecule has 1 atom stereocenters. The van der Waals surface area contributed by atoms with E-state index in [2.05, 4.69) is 0 Å². The lowest BCUT2D eigenvalue weighted by atomic mass is 9.99. The molecular formula is C11H23ClNO2-. The van der Waals surface area contributed by atoms with Gasteiger partial charge in [-0.3, -0.25) is 4.79 Å². The zero-order valence-electron chi connectivity index (χ0n) is 9.54. The molecule has 0 spiro atoms. The SMILES string of the molecule is CC(CCCCCCCN)CC(=O)O.[Cl-]. The molecule has 92 valence electrons. The highest BCUT2D eigenvalue weighted by Gasteiger charge is 2.06. The third-order valence-corrected chi connectivity index (χ3v) is 2.42. The highest BCUT2D eigenvalue weighted by Crippen LogP contribution is 2.13. The standard InChI is InChI=1S/C11H23NO2.ClH/c1-10(9-11(13)14)7-5-3-2-4-6-8-12;/h10H,2-9,12H2,1H3,(H,13,14);1H/p-1. The summed E-state index contributed by atoms with van der Waals surface area (Å²) in [4.78, 5) is 10.4. The Morgan fingerprint density at radius 3 is 2.27 bits per heavy atom. The van der Waals surface area contributed by atoms with Gasteiger partial charge in [0.2, 0.25) is 0 Å². The molecule has 0 amide bonds. The molecular weight excluding hydrogens is 214 g/mol. The number of nitrogens with two attached hydrogens (primary N) is 1. The first kappa shape index (κ1) is 17.1. The lowest BCUT2D eigenvalue weighted by Crippen LogP contribution is -3.00. The van der Waals surface area contributed by atoms with E-state index in [1.807, 2.05) is 6.92 Å². The van der Waals surface area contributed by atoms with E-state index in [0.717, 1.165) is 25.8 Å². The van der Waals surface area contributed by atoms with Gasteiger partial charge in [0, 0.05) is 6.42 Å². The summed E-state index contributed by atoms with van der Waals surface area (Å²) in [6, 6.07) is 0. The second kappa shape index (κ2) is 11.8. The third-order valence-electron chi connectivity index (χ3n) is 2.42. The molecule has 0 aliphatic carbocycles. The number of unbranched alkanes of at least 4 members (excludes halogenated alkanes) is 4. The summed E-state index contributed by atoms with van der Waals surface area (Å²) in [6.45, 7) is 2.80. The first-order chi connectivity index (χ1) is 6.66. The van der Waals surface area contributed by atoms with Gasteiger partial charge < -0.3 is 23.2 Å². The highest BCUT2D eigenvalue weighted by atomic mass is 35.5. The molecule has 0 aromatic rings. The molecule has 0 rings (SSSR count). The fourth-order valence-corrected chi connectivity index (χ4v) is 1.57. The largest absolute Gasteiger partial charge is 1.00 e. The van der Waals surface area contributed by atoms with Crippen LogP contribution in [0.1, 0.15) is 51.9 Å². The molecule has 4 heteroatoms. The molecule has 0 aromatic heterocycles. The van der Waals surface area contributed by atoms with E-state index in [4.69, 9.17) is 10.8 Å². The van der Waals surface area contributed by atoms with Crippen LogP contribution in [0.3, 0.4) is 0 Å². The molecule has 3 N–H and O–H groups in total. The van der Waals surface area contributed by atoms with Crippen LogP contribution in [0.15, 0.2) is 0 Å². The van der Waals surface area contributed by atoms with Crippen LogP contribution in [0.5, 0.6) is 0 Å². The molecule has 15 heavy (non-hydrogen) atoms. The maximum absolute atomic E-state index is 10.4. The number of aliphatic carboxylic acids is 1. The van der Waals surface area contributed by atoms with Crippen LogP contribution in [0.2, 0.25) is 0 Å². The van der Waals surface area contributed by atoms with E-state index in [0.29, 0.717) is 12.3 Å². The first-order valence-corrected chi connectivity index (χ1v) is 5.58. The van der Waals surface area contributed by atoms with Crippen LogP contribution < -0.4 is 18.1 Å². The van der Waals surface area contributed by atoms with Gasteiger partial charge in [-0.2, -0.15) is 0 Å². The van der Waals surface area contributed by atoms with Gasteiger partial charge in [-0.1, -0.05) is 39.0 Å². The molecule has 1 unspecified atom stereocenters. The summed E-state index contributed by atoms with van der Waals surface area (Å²) in [6.07, 6.45) is 7.27. The van der Waals surface area contributed by atoms with Gasteiger partial charge in [0.25, 0.3) is 0 Å². The summed E-state index contributed by atoms with van der Waals surface area (Å²) in [5.41, 5.74) is 5.38. The molecule has 0 aliphatic heterocycles. The number of carboxylic acids is 1. The predicted octanol–water partition coefficient (Wildman–Crippen LogP) is -0.599. The van der Waals surface area contributed by atoms with Crippen molar-refractivity contribution >= 4 is 5.97 Å². The summed E-state index contributed by atoms with van der Waals surface area (Å²) in [5, 5.41) is 8.54. The molecule has 0 saturated heterocycles. The first-order valence-electron chi connectivity index (χ1n) is 5.58. The van der Waals surface area contributed by atoms with Crippen LogP contribution in [0.4, 0.5) is 0 Å². The van der Waals surface area contributed by atoms with Crippen molar-refractivity contribution in [2.75, 3.05) is 6.54 Å². The normalized spacial score (nSPS) is 11.9. The molecule has 0 saturated carbocycles. The van der Waals surface area contributed by atoms with Gasteiger partial charge in [0.15, 0.2) is 0 Å². The van der Waals surface area contributed by atoms with Crippen molar-refractivity contribution in [3.05, 3.63) is 0 Å². The minimum atomic E-state index is -0.680. The van der Waals surface area contributed by atoms with E-state index < -0.39 is 5.97 Å². The van der Waals surface area contributed by atoms with Gasteiger partial charge in [0.1, 0.15) is 0 Å². The van der Waals surface area contributed by atoms with Crippen molar-refractivity contribution in [1.82, 2.24) is 0 Å². The Kier molecular flexibility index (Phi) is 13.5. The zero-order valence-corrected chi connectivity index (χ0v) is 10.3. The van der Waals surface area contributed by atoms with Crippen molar-refractivity contribution in [1.29, 1.82) is 0 Å². The van der Waals surface area contributed by atoms with Crippen molar-refractivity contribution in [2.24, 2.45) is 11.7 Å². The van der Waals surface area contributed by atoms with Crippen molar-refractivity contribution in [3.8, 4) is 0 Å². The van der Waals surface area contributed by atoms with Crippen molar-refractivity contribution in [2.45, 2.75) is 51.9 Å². The predicted molar refractivity (Wildman–Crippen MR) is 58.2 cm³/mol. The van der Waals surface area contributed by atoms with Crippen LogP contribution in [0.25, 0.3) is 0 Å². The van der Waals surface area contributed by atoms with E-state index in [1.54, 1.807) is 0 Å². The molecule has 0 aliphatic rings. The Labute approximate surface area is 98.8 Å². The van der Waals surface area contributed by atoms with E-state index in [1.165, 1.54) is 19.3 Å². The Hall–Kier alpha value is -0.280. The van der Waals surface area contributed by atoms with Crippen LogP contribution in [-0.4, -0.2) is 17.6 Å². The van der Waals surface area contributed by atoms with E-state index >= 15 is 0 Å². The fraction of sp³-hybridized carbons (Fsp3) is 0.909. The Bertz CT molecular complexity index is 154. The number of carboxylic acid groups (broad SMARTS) is 1. The average molecular weight is 237 g/mol. The Morgan fingerprint density at radius 2 is 1.73 bits per heavy atom. The Balaban J connectivity index is 0. The minimum absolute atomic E-state index is 0. The third kappa shape index (κ3) is 13.7. The average Bonchev–Trinajstić information content (AvgIpc) is 2.10. The second-order valence-corrected chi connectivity index (χ2v) is 4.05. The highest BCUT2D eigenvalue weighted by molar-refractivity contribution is 5.66. The molecule has 0 bridgehead atoms. The smallest absolute Gasteiger partial charge is 0.303 e. The maximum atomic E-state index is 10.4. The van der Waals surface area contributed by atoms with Gasteiger partial charge in [-0.05, 0) is 18.9 Å². The van der Waals surface area contributed by atoms with Gasteiger partial charge >= 0.3 is 5.97 Å². The molecule has 3 nitrogen and oxygen atoms in total. The molecule has 0 heterocycles. The molecule has 0 fully saturated rings.